The van der Waals surface area contributed by atoms with E-state index in [4.69, 9.17) is 5.11 Å². The van der Waals surface area contributed by atoms with Gasteiger partial charge in [-0.1, -0.05) is 24.8 Å². The van der Waals surface area contributed by atoms with Gasteiger partial charge in [0.15, 0.2) is 0 Å². The summed E-state index contributed by atoms with van der Waals surface area (Å²) in [5.74, 6) is 5.30. The van der Waals surface area contributed by atoms with Crippen LogP contribution in [0.2, 0.25) is 0 Å². The lowest BCUT2D eigenvalue weighted by molar-refractivity contribution is -0.115. The third-order valence-electron chi connectivity index (χ3n) is 1.78. The highest BCUT2D eigenvalue weighted by molar-refractivity contribution is 5.90. The number of carbonyl (C=O) groups is 1. The number of amides is 1. The Morgan fingerprint density at radius 2 is 2.33 bits per heavy atom. The Labute approximate surface area is 89.1 Å². The second-order valence-electron chi connectivity index (χ2n) is 2.94. The van der Waals surface area contributed by atoms with E-state index in [1.165, 1.54) is 0 Å². The second kappa shape index (κ2) is 5.84. The number of nitrogens with one attached hydrogen (secondary N) is 1. The average molecular weight is 203 g/mol. The zero-order chi connectivity index (χ0) is 11.1. The Balaban J connectivity index is 2.78. The average Bonchev–Trinajstić information content (AvgIpc) is 2.26. The molecule has 0 aliphatic heterocycles. The summed E-state index contributed by atoms with van der Waals surface area (Å²) in [7, 11) is 0. The number of carbonyl (C=O) groups excluding carboxylic acids is 1. The minimum atomic E-state index is -0.161. The van der Waals surface area contributed by atoms with Crippen LogP contribution >= 0.6 is 0 Å². The maximum absolute atomic E-state index is 11.1. The van der Waals surface area contributed by atoms with Crippen LogP contribution in [0.15, 0.2) is 24.3 Å². The van der Waals surface area contributed by atoms with E-state index in [0.29, 0.717) is 6.42 Å². The first-order valence-electron chi connectivity index (χ1n) is 4.76. The number of hydrogen-bond donors (Lipinski definition) is 2. The van der Waals surface area contributed by atoms with Crippen LogP contribution in [0.4, 0.5) is 5.69 Å². The van der Waals surface area contributed by atoms with Gasteiger partial charge in [-0.25, -0.2) is 0 Å². The molecule has 2 N–H and O–H groups in total. The highest BCUT2D eigenvalue weighted by atomic mass is 16.2. The van der Waals surface area contributed by atoms with Crippen molar-refractivity contribution in [2.45, 2.75) is 13.3 Å². The summed E-state index contributed by atoms with van der Waals surface area (Å²) in [6, 6.07) is 7.21. The van der Waals surface area contributed by atoms with Gasteiger partial charge in [0.05, 0.1) is 0 Å². The van der Waals surface area contributed by atoms with Crippen molar-refractivity contribution in [2.24, 2.45) is 0 Å². The van der Waals surface area contributed by atoms with E-state index in [9.17, 15) is 4.79 Å². The van der Waals surface area contributed by atoms with E-state index in [1.807, 2.05) is 12.1 Å². The van der Waals surface area contributed by atoms with Gasteiger partial charge in [-0.2, -0.15) is 0 Å². The van der Waals surface area contributed by atoms with E-state index in [0.717, 1.165) is 11.3 Å². The van der Waals surface area contributed by atoms with Gasteiger partial charge in [-0.05, 0) is 18.2 Å². The smallest absolute Gasteiger partial charge is 0.224 e. The molecule has 0 fully saturated rings. The lowest BCUT2D eigenvalue weighted by atomic mass is 10.2. The molecule has 1 aromatic carbocycles. The number of anilines is 1. The number of rotatable bonds is 2. The molecule has 0 aliphatic rings. The van der Waals surface area contributed by atoms with E-state index in [1.54, 1.807) is 19.1 Å². The molecule has 0 atom stereocenters. The lowest BCUT2D eigenvalue weighted by Gasteiger charge is -2.02. The fourth-order valence-electron chi connectivity index (χ4n) is 1.07. The molecule has 0 saturated heterocycles. The van der Waals surface area contributed by atoms with Crippen LogP contribution in [0, 0.1) is 11.8 Å². The van der Waals surface area contributed by atoms with Gasteiger partial charge in [-0.3, -0.25) is 4.79 Å². The number of hydrogen-bond acceptors (Lipinski definition) is 2. The van der Waals surface area contributed by atoms with Gasteiger partial charge >= 0.3 is 0 Å². The van der Waals surface area contributed by atoms with Crippen LogP contribution in [0.3, 0.4) is 0 Å². The Morgan fingerprint density at radius 1 is 1.53 bits per heavy atom. The standard InChI is InChI=1S/C12H13NO2/c1-2-12(15)13-11-7-3-5-10(9-11)6-4-8-14/h3,5,7,9,14H,2,8H2,1H3,(H,13,15). The Morgan fingerprint density at radius 3 is 3.00 bits per heavy atom. The monoisotopic (exact) mass is 203 g/mol. The third-order valence-corrected chi connectivity index (χ3v) is 1.78. The summed E-state index contributed by atoms with van der Waals surface area (Å²) in [6.07, 6.45) is 0.451. The minimum Gasteiger partial charge on any atom is -0.384 e. The molecular weight excluding hydrogens is 190 g/mol. The highest BCUT2D eigenvalue weighted by Gasteiger charge is 1.98. The van der Waals surface area contributed by atoms with Crippen LogP contribution in [0.1, 0.15) is 18.9 Å². The van der Waals surface area contributed by atoms with Crippen LogP contribution in [-0.4, -0.2) is 17.6 Å². The quantitative estimate of drug-likeness (QED) is 0.713. The maximum Gasteiger partial charge on any atom is 0.224 e. The molecule has 0 radical (unpaired) electrons. The van der Waals surface area contributed by atoms with Gasteiger partial charge in [0, 0.05) is 17.7 Å². The van der Waals surface area contributed by atoms with E-state index in [2.05, 4.69) is 17.2 Å². The molecule has 0 bridgehead atoms. The summed E-state index contributed by atoms with van der Waals surface area (Å²) >= 11 is 0. The maximum atomic E-state index is 11.1. The predicted octanol–water partition coefficient (Wildman–Crippen LogP) is 1.38. The van der Waals surface area contributed by atoms with Crippen molar-refractivity contribution in [3.05, 3.63) is 29.8 Å². The fraction of sp³-hybridized carbons (Fsp3) is 0.250. The lowest BCUT2D eigenvalue weighted by Crippen LogP contribution is -2.09. The minimum absolute atomic E-state index is 0.0257. The molecule has 0 unspecified atom stereocenters. The molecule has 15 heavy (non-hydrogen) atoms. The predicted molar refractivity (Wildman–Crippen MR) is 59.3 cm³/mol. The van der Waals surface area contributed by atoms with Gasteiger partial charge in [0.1, 0.15) is 6.61 Å². The van der Waals surface area contributed by atoms with E-state index in [-0.39, 0.29) is 12.5 Å². The Bertz CT molecular complexity index is 402. The molecule has 3 heteroatoms. The van der Waals surface area contributed by atoms with Gasteiger partial charge < -0.3 is 10.4 Å². The third kappa shape index (κ3) is 3.84. The Hall–Kier alpha value is -1.79. The first kappa shape index (κ1) is 11.3. The fourth-order valence-corrected chi connectivity index (χ4v) is 1.07. The number of aliphatic hydroxyl groups is 1. The van der Waals surface area contributed by atoms with Crippen LogP contribution in [-0.2, 0) is 4.79 Å². The first-order chi connectivity index (χ1) is 7.26. The summed E-state index contributed by atoms with van der Waals surface area (Å²) < 4.78 is 0. The normalized spacial score (nSPS) is 8.93. The zero-order valence-electron chi connectivity index (χ0n) is 8.58. The molecule has 1 rings (SSSR count). The van der Waals surface area contributed by atoms with Crippen LogP contribution in [0.25, 0.3) is 0 Å². The van der Waals surface area contributed by atoms with Crippen molar-refractivity contribution in [2.75, 3.05) is 11.9 Å². The van der Waals surface area contributed by atoms with Crippen molar-refractivity contribution in [1.29, 1.82) is 0 Å². The SMILES string of the molecule is CCC(=O)Nc1cccc(C#CCO)c1. The Kier molecular flexibility index (Phi) is 4.39. The van der Waals surface area contributed by atoms with Gasteiger partial charge in [-0.15, -0.1) is 0 Å². The van der Waals surface area contributed by atoms with Crippen molar-refractivity contribution in [1.82, 2.24) is 0 Å². The molecule has 1 amide bonds. The van der Waals surface area contributed by atoms with Crippen molar-refractivity contribution in [3.8, 4) is 11.8 Å². The molecule has 3 nitrogen and oxygen atoms in total. The number of benzene rings is 1. The highest BCUT2D eigenvalue weighted by Crippen LogP contribution is 2.09. The van der Waals surface area contributed by atoms with E-state index < -0.39 is 0 Å². The summed E-state index contributed by atoms with van der Waals surface area (Å²) in [5.41, 5.74) is 1.50. The molecule has 0 spiro atoms. The summed E-state index contributed by atoms with van der Waals surface area (Å²) in [5, 5.41) is 11.3. The molecule has 1 aromatic rings. The molecular formula is C12H13NO2. The van der Waals surface area contributed by atoms with Gasteiger partial charge in [0.25, 0.3) is 0 Å². The van der Waals surface area contributed by atoms with Crippen LogP contribution in [0.5, 0.6) is 0 Å². The largest absolute Gasteiger partial charge is 0.384 e. The van der Waals surface area contributed by atoms with E-state index >= 15 is 0 Å². The zero-order valence-corrected chi connectivity index (χ0v) is 8.58. The van der Waals surface area contributed by atoms with Crippen molar-refractivity contribution < 1.29 is 9.90 Å². The molecule has 0 aliphatic carbocycles. The summed E-state index contributed by atoms with van der Waals surface area (Å²) in [4.78, 5) is 11.1. The molecule has 0 heterocycles. The second-order valence-corrected chi connectivity index (χ2v) is 2.94. The molecule has 0 aromatic heterocycles. The topological polar surface area (TPSA) is 49.3 Å². The van der Waals surface area contributed by atoms with Gasteiger partial charge in [0.2, 0.25) is 5.91 Å². The van der Waals surface area contributed by atoms with Crippen molar-refractivity contribution >= 4 is 11.6 Å². The van der Waals surface area contributed by atoms with Crippen molar-refractivity contribution in [3.63, 3.8) is 0 Å². The number of aliphatic hydroxyl groups excluding tert-OH is 1. The molecule has 0 saturated carbocycles. The van der Waals surface area contributed by atoms with Crippen LogP contribution < -0.4 is 5.32 Å². The first-order valence-corrected chi connectivity index (χ1v) is 4.76. The summed E-state index contributed by atoms with van der Waals surface area (Å²) in [6.45, 7) is 1.64. The molecule has 78 valence electrons.